The smallest absolute Gasteiger partial charge is 0.282 e. The number of H-pyrrole nitrogens is 1. The molecule has 0 spiro atoms. The van der Waals surface area contributed by atoms with Crippen LogP contribution < -0.4 is 5.56 Å². The summed E-state index contributed by atoms with van der Waals surface area (Å²) in [7, 11) is 2.89. The maximum Gasteiger partial charge on any atom is 0.282 e. The van der Waals surface area contributed by atoms with Crippen LogP contribution in [0.5, 0.6) is 0 Å². The molecule has 1 aliphatic carbocycles. The highest BCUT2D eigenvalue weighted by Gasteiger charge is 2.19. The van der Waals surface area contributed by atoms with Gasteiger partial charge in [-0.2, -0.15) is 0 Å². The fourth-order valence-corrected chi connectivity index (χ4v) is 2.26. The molecule has 5 nitrogen and oxygen atoms in total. The zero-order chi connectivity index (χ0) is 13.1. The lowest BCUT2D eigenvalue weighted by Crippen LogP contribution is -2.31. The number of rotatable bonds is 2. The van der Waals surface area contributed by atoms with Crippen LogP contribution in [-0.2, 0) is 17.7 Å². The first-order valence-corrected chi connectivity index (χ1v) is 6.20. The number of aromatic amines is 1. The van der Waals surface area contributed by atoms with Gasteiger partial charge in [-0.3, -0.25) is 14.4 Å². The monoisotopic (exact) mass is 250 g/mol. The Hall–Kier alpha value is -1.62. The molecule has 0 aromatic carbocycles. The number of nitrogens with one attached hydrogen (secondary N) is 1. The average Bonchev–Trinajstić information content (AvgIpc) is 2.60. The lowest BCUT2D eigenvalue weighted by Gasteiger charge is -2.14. The molecule has 2 rings (SSSR count). The summed E-state index contributed by atoms with van der Waals surface area (Å²) in [4.78, 5) is 31.5. The SMILES string of the molecule is CON(C)C(=O)c1cc2c([nH]c1=O)CCCCC2. The fourth-order valence-electron chi connectivity index (χ4n) is 2.26. The molecule has 1 heterocycles. The fraction of sp³-hybridized carbons (Fsp3) is 0.538. The number of carbonyl (C=O) groups is 1. The molecular weight excluding hydrogens is 232 g/mol. The number of amides is 1. The first-order valence-electron chi connectivity index (χ1n) is 6.20. The van der Waals surface area contributed by atoms with E-state index in [0.29, 0.717) is 0 Å². The van der Waals surface area contributed by atoms with Crippen molar-refractivity contribution in [3.05, 3.63) is 33.2 Å². The van der Waals surface area contributed by atoms with Crippen LogP contribution in [0.4, 0.5) is 0 Å². The third-order valence-electron chi connectivity index (χ3n) is 3.38. The van der Waals surface area contributed by atoms with Crippen molar-refractivity contribution in [2.75, 3.05) is 14.2 Å². The van der Waals surface area contributed by atoms with Crippen molar-refractivity contribution in [3.63, 3.8) is 0 Å². The van der Waals surface area contributed by atoms with Crippen molar-refractivity contribution in [1.29, 1.82) is 0 Å². The molecule has 0 bridgehead atoms. The Balaban J connectivity index is 2.41. The van der Waals surface area contributed by atoms with Gasteiger partial charge in [0.05, 0.1) is 7.11 Å². The number of carbonyl (C=O) groups excluding carboxylic acids is 1. The summed E-state index contributed by atoms with van der Waals surface area (Å²) in [6, 6.07) is 1.72. The second-order valence-corrected chi connectivity index (χ2v) is 4.56. The van der Waals surface area contributed by atoms with Gasteiger partial charge >= 0.3 is 0 Å². The molecular formula is C13H18N2O3. The molecule has 1 aromatic rings. The van der Waals surface area contributed by atoms with Gasteiger partial charge in [-0.15, -0.1) is 0 Å². The molecule has 0 unspecified atom stereocenters. The maximum atomic E-state index is 11.9. The summed E-state index contributed by atoms with van der Waals surface area (Å²) in [6.45, 7) is 0. The number of aromatic nitrogens is 1. The van der Waals surface area contributed by atoms with Crippen molar-refractivity contribution in [2.45, 2.75) is 32.1 Å². The number of fused-ring (bicyclic) bond motifs is 1. The van der Waals surface area contributed by atoms with E-state index in [2.05, 4.69) is 4.98 Å². The number of hydrogen-bond acceptors (Lipinski definition) is 3. The maximum absolute atomic E-state index is 11.9. The highest BCUT2D eigenvalue weighted by atomic mass is 16.7. The summed E-state index contributed by atoms with van der Waals surface area (Å²) < 4.78 is 0. The van der Waals surface area contributed by atoms with E-state index >= 15 is 0 Å². The molecule has 0 fully saturated rings. The minimum atomic E-state index is -0.411. The Kier molecular flexibility index (Phi) is 3.81. The summed E-state index contributed by atoms with van der Waals surface area (Å²) in [6.07, 6.45) is 5.17. The van der Waals surface area contributed by atoms with Crippen molar-refractivity contribution in [1.82, 2.24) is 10.0 Å². The number of hydroxylamine groups is 2. The van der Waals surface area contributed by atoms with Crippen LogP contribution in [0.2, 0.25) is 0 Å². The second-order valence-electron chi connectivity index (χ2n) is 4.56. The van der Waals surface area contributed by atoms with Gasteiger partial charge in [-0.25, -0.2) is 5.06 Å². The second kappa shape index (κ2) is 5.35. The Morgan fingerprint density at radius 2 is 2.06 bits per heavy atom. The van der Waals surface area contributed by atoms with Gasteiger partial charge in [0.25, 0.3) is 11.5 Å². The largest absolute Gasteiger partial charge is 0.325 e. The highest BCUT2D eigenvalue weighted by Crippen LogP contribution is 2.18. The molecule has 0 saturated carbocycles. The van der Waals surface area contributed by atoms with Gasteiger partial charge in [0.1, 0.15) is 5.56 Å². The van der Waals surface area contributed by atoms with Crippen molar-refractivity contribution >= 4 is 5.91 Å². The quantitative estimate of drug-likeness (QED) is 0.635. The molecule has 18 heavy (non-hydrogen) atoms. The van der Waals surface area contributed by atoms with Gasteiger partial charge in [-0.1, -0.05) is 6.42 Å². The van der Waals surface area contributed by atoms with Crippen LogP contribution >= 0.6 is 0 Å². The van der Waals surface area contributed by atoms with Crippen LogP contribution in [0, 0.1) is 0 Å². The van der Waals surface area contributed by atoms with E-state index in [1.807, 2.05) is 0 Å². The van der Waals surface area contributed by atoms with E-state index in [9.17, 15) is 9.59 Å². The number of pyridine rings is 1. The predicted octanol–water partition coefficient (Wildman–Crippen LogP) is 1.28. The van der Waals surface area contributed by atoms with Gasteiger partial charge in [0, 0.05) is 12.7 Å². The molecule has 98 valence electrons. The zero-order valence-corrected chi connectivity index (χ0v) is 10.8. The standard InChI is InChI=1S/C13H18N2O3/c1-15(18-2)13(17)10-8-9-6-4-3-5-7-11(9)14-12(10)16/h8H,3-7H2,1-2H3,(H,14,16). The molecule has 1 aromatic heterocycles. The third-order valence-corrected chi connectivity index (χ3v) is 3.38. The van der Waals surface area contributed by atoms with E-state index in [1.54, 1.807) is 6.07 Å². The lowest BCUT2D eigenvalue weighted by molar-refractivity contribution is -0.0758. The third kappa shape index (κ3) is 2.46. The van der Waals surface area contributed by atoms with Crippen molar-refractivity contribution in [3.8, 4) is 0 Å². The van der Waals surface area contributed by atoms with Crippen molar-refractivity contribution < 1.29 is 9.63 Å². The minimum Gasteiger partial charge on any atom is -0.325 e. The van der Waals surface area contributed by atoms with E-state index in [0.717, 1.165) is 48.4 Å². The average molecular weight is 250 g/mol. The molecule has 0 aliphatic heterocycles. The van der Waals surface area contributed by atoms with E-state index < -0.39 is 5.91 Å². The lowest BCUT2D eigenvalue weighted by atomic mass is 10.1. The molecule has 0 saturated heterocycles. The van der Waals surface area contributed by atoms with Gasteiger partial charge in [0.15, 0.2) is 0 Å². The summed E-state index contributed by atoms with van der Waals surface area (Å²) in [5.41, 5.74) is 1.89. The van der Waals surface area contributed by atoms with Gasteiger partial charge in [-0.05, 0) is 37.3 Å². The number of aryl methyl sites for hydroxylation is 2. The van der Waals surface area contributed by atoms with E-state index in [1.165, 1.54) is 14.2 Å². The minimum absolute atomic E-state index is 0.153. The first kappa shape index (κ1) is 12.8. The molecule has 0 atom stereocenters. The van der Waals surface area contributed by atoms with Crippen LogP contribution in [0.15, 0.2) is 10.9 Å². The number of hydrogen-bond donors (Lipinski definition) is 1. The molecule has 5 heteroatoms. The van der Waals surface area contributed by atoms with Crippen LogP contribution in [-0.4, -0.2) is 30.1 Å². The Labute approximate surface area is 106 Å². The summed E-state index contributed by atoms with van der Waals surface area (Å²) in [5.74, 6) is -0.411. The van der Waals surface area contributed by atoms with Crippen LogP contribution in [0.1, 0.15) is 40.9 Å². The van der Waals surface area contributed by atoms with E-state index in [4.69, 9.17) is 4.84 Å². The molecule has 0 radical (unpaired) electrons. The highest BCUT2D eigenvalue weighted by molar-refractivity contribution is 5.93. The van der Waals surface area contributed by atoms with Crippen LogP contribution in [0.3, 0.4) is 0 Å². The predicted molar refractivity (Wildman–Crippen MR) is 67.4 cm³/mol. The molecule has 1 N–H and O–H groups in total. The topological polar surface area (TPSA) is 62.4 Å². The normalized spacial score (nSPS) is 14.8. The molecule has 1 amide bonds. The first-order chi connectivity index (χ1) is 8.63. The molecule has 1 aliphatic rings. The Morgan fingerprint density at radius 1 is 1.33 bits per heavy atom. The van der Waals surface area contributed by atoms with Gasteiger partial charge in [0.2, 0.25) is 0 Å². The van der Waals surface area contributed by atoms with Crippen LogP contribution in [0.25, 0.3) is 0 Å². The Morgan fingerprint density at radius 3 is 2.78 bits per heavy atom. The van der Waals surface area contributed by atoms with Crippen molar-refractivity contribution in [2.24, 2.45) is 0 Å². The number of nitrogens with zero attached hydrogens (tertiary/aromatic N) is 1. The van der Waals surface area contributed by atoms with E-state index in [-0.39, 0.29) is 11.1 Å². The van der Waals surface area contributed by atoms with Gasteiger partial charge < -0.3 is 4.98 Å². The summed E-state index contributed by atoms with van der Waals surface area (Å²) in [5, 5.41) is 1.06. The zero-order valence-electron chi connectivity index (χ0n) is 10.8. The Bertz CT molecular complexity index is 507. The summed E-state index contributed by atoms with van der Waals surface area (Å²) >= 11 is 0.